The van der Waals surface area contributed by atoms with Gasteiger partial charge in [0.2, 0.25) is 0 Å². The highest BCUT2D eigenvalue weighted by atomic mass is 16.3. The second-order valence-electron chi connectivity index (χ2n) is 4.73. The van der Waals surface area contributed by atoms with Crippen molar-refractivity contribution in [1.29, 1.82) is 0 Å². The molecular weight excluding hydrogens is 224 g/mol. The predicted molar refractivity (Wildman–Crippen MR) is 73.7 cm³/mol. The lowest BCUT2D eigenvalue weighted by atomic mass is 10.1. The Kier molecular flexibility index (Phi) is 2.59. The maximum absolute atomic E-state index is 9.28. The number of nitrogens with zero attached hydrogens (tertiary/aromatic N) is 1. The Morgan fingerprint density at radius 1 is 1.11 bits per heavy atom. The third-order valence-corrected chi connectivity index (χ3v) is 3.41. The molecule has 0 unspecified atom stereocenters. The molecule has 1 aliphatic heterocycles. The summed E-state index contributed by atoms with van der Waals surface area (Å²) in [5.41, 5.74) is 10.4. The lowest BCUT2D eigenvalue weighted by Gasteiger charge is -2.19. The van der Waals surface area contributed by atoms with Crippen LogP contribution in [-0.2, 0) is 13.0 Å². The first-order valence-corrected chi connectivity index (χ1v) is 6.13. The summed E-state index contributed by atoms with van der Waals surface area (Å²) in [6.07, 6.45) is 1.05. The molecule has 3 rings (SSSR count). The van der Waals surface area contributed by atoms with Crippen LogP contribution in [0.2, 0.25) is 0 Å². The van der Waals surface area contributed by atoms with Crippen LogP contribution in [0.1, 0.15) is 11.1 Å². The quantitative estimate of drug-likeness (QED) is 0.793. The number of phenols is 1. The van der Waals surface area contributed by atoms with Crippen LogP contribution in [0.15, 0.2) is 42.5 Å². The van der Waals surface area contributed by atoms with Crippen LogP contribution in [0.3, 0.4) is 0 Å². The number of fused-ring (bicyclic) bond motifs is 1. The summed E-state index contributed by atoms with van der Waals surface area (Å²) < 4.78 is 0. The van der Waals surface area contributed by atoms with E-state index in [0.717, 1.165) is 25.2 Å². The average Bonchev–Trinajstić information content (AvgIpc) is 2.74. The van der Waals surface area contributed by atoms with Crippen LogP contribution in [0, 0.1) is 0 Å². The fraction of sp³-hybridized carbons (Fsp3) is 0.200. The van der Waals surface area contributed by atoms with Gasteiger partial charge in [-0.05, 0) is 47.9 Å². The molecule has 0 fully saturated rings. The van der Waals surface area contributed by atoms with Gasteiger partial charge in [0.05, 0.1) is 0 Å². The summed E-state index contributed by atoms with van der Waals surface area (Å²) in [6.45, 7) is 1.90. The molecule has 0 saturated heterocycles. The van der Waals surface area contributed by atoms with E-state index in [-0.39, 0.29) is 0 Å². The summed E-state index contributed by atoms with van der Waals surface area (Å²) in [5, 5.41) is 9.28. The Labute approximate surface area is 106 Å². The lowest BCUT2D eigenvalue weighted by molar-refractivity contribution is 0.475. The molecule has 2 aromatic rings. The predicted octanol–water partition coefficient (Wildman–Crippen LogP) is 2.54. The first-order chi connectivity index (χ1) is 8.72. The molecule has 3 N–H and O–H groups in total. The number of hydrogen-bond donors (Lipinski definition) is 2. The van der Waals surface area contributed by atoms with E-state index in [1.165, 1.54) is 16.8 Å². The van der Waals surface area contributed by atoms with Crippen molar-refractivity contribution in [3.8, 4) is 5.75 Å². The number of phenolic OH excluding ortho intramolecular Hbond substituents is 1. The smallest absolute Gasteiger partial charge is 0.115 e. The van der Waals surface area contributed by atoms with Crippen LogP contribution in [0.5, 0.6) is 5.75 Å². The van der Waals surface area contributed by atoms with Crippen molar-refractivity contribution in [3.63, 3.8) is 0 Å². The van der Waals surface area contributed by atoms with Crippen molar-refractivity contribution >= 4 is 11.4 Å². The van der Waals surface area contributed by atoms with E-state index in [1.54, 1.807) is 12.1 Å². The number of aromatic hydroxyl groups is 1. The molecule has 18 heavy (non-hydrogen) atoms. The van der Waals surface area contributed by atoms with Gasteiger partial charge >= 0.3 is 0 Å². The van der Waals surface area contributed by atoms with E-state index in [9.17, 15) is 5.11 Å². The standard InChI is InChI=1S/C15H16N2O/c16-13-3-6-15-12(9-13)7-8-17(15)10-11-1-4-14(18)5-2-11/h1-6,9,18H,7-8,10,16H2. The van der Waals surface area contributed by atoms with E-state index in [1.807, 2.05) is 18.2 Å². The topological polar surface area (TPSA) is 49.5 Å². The number of hydrogen-bond acceptors (Lipinski definition) is 3. The number of nitrogen functional groups attached to an aromatic ring is 1. The molecule has 0 aromatic heterocycles. The number of benzene rings is 2. The summed E-state index contributed by atoms with van der Waals surface area (Å²) in [6, 6.07) is 13.5. The maximum Gasteiger partial charge on any atom is 0.115 e. The molecule has 0 saturated carbocycles. The summed E-state index contributed by atoms with van der Waals surface area (Å²) in [4.78, 5) is 2.35. The van der Waals surface area contributed by atoms with Gasteiger partial charge in [0, 0.05) is 24.5 Å². The fourth-order valence-electron chi connectivity index (χ4n) is 2.48. The van der Waals surface area contributed by atoms with Gasteiger partial charge in [-0.1, -0.05) is 12.1 Å². The van der Waals surface area contributed by atoms with Crippen molar-refractivity contribution in [1.82, 2.24) is 0 Å². The van der Waals surface area contributed by atoms with E-state index in [0.29, 0.717) is 5.75 Å². The van der Waals surface area contributed by atoms with Gasteiger partial charge in [-0.3, -0.25) is 0 Å². The minimum Gasteiger partial charge on any atom is -0.508 e. The fourth-order valence-corrected chi connectivity index (χ4v) is 2.48. The Balaban J connectivity index is 1.82. The van der Waals surface area contributed by atoms with Crippen molar-refractivity contribution < 1.29 is 5.11 Å². The van der Waals surface area contributed by atoms with E-state index in [2.05, 4.69) is 17.0 Å². The Morgan fingerprint density at radius 3 is 2.67 bits per heavy atom. The minimum atomic E-state index is 0.313. The van der Waals surface area contributed by atoms with Gasteiger partial charge in [-0.25, -0.2) is 0 Å². The first kappa shape index (κ1) is 11.0. The van der Waals surface area contributed by atoms with Crippen LogP contribution >= 0.6 is 0 Å². The first-order valence-electron chi connectivity index (χ1n) is 6.13. The molecule has 1 aliphatic rings. The zero-order chi connectivity index (χ0) is 12.5. The van der Waals surface area contributed by atoms with Crippen molar-refractivity contribution in [2.45, 2.75) is 13.0 Å². The van der Waals surface area contributed by atoms with E-state index < -0.39 is 0 Å². The third kappa shape index (κ3) is 1.99. The normalized spacial score (nSPS) is 13.7. The molecule has 0 bridgehead atoms. The summed E-state index contributed by atoms with van der Waals surface area (Å²) in [5.74, 6) is 0.313. The number of nitrogens with two attached hydrogens (primary N) is 1. The Bertz CT molecular complexity index is 563. The van der Waals surface area contributed by atoms with Gasteiger partial charge in [-0.2, -0.15) is 0 Å². The second-order valence-corrected chi connectivity index (χ2v) is 4.73. The van der Waals surface area contributed by atoms with Gasteiger partial charge < -0.3 is 15.7 Å². The van der Waals surface area contributed by atoms with Gasteiger partial charge in [-0.15, -0.1) is 0 Å². The maximum atomic E-state index is 9.28. The monoisotopic (exact) mass is 240 g/mol. The highest BCUT2D eigenvalue weighted by molar-refractivity contribution is 5.63. The number of anilines is 2. The zero-order valence-electron chi connectivity index (χ0n) is 10.1. The van der Waals surface area contributed by atoms with Gasteiger partial charge in [0.15, 0.2) is 0 Å². The molecule has 0 atom stereocenters. The number of rotatable bonds is 2. The summed E-state index contributed by atoms with van der Waals surface area (Å²) in [7, 11) is 0. The molecule has 1 heterocycles. The van der Waals surface area contributed by atoms with Crippen molar-refractivity contribution in [2.75, 3.05) is 17.2 Å². The van der Waals surface area contributed by atoms with Gasteiger partial charge in [0.1, 0.15) is 5.75 Å². The highest BCUT2D eigenvalue weighted by Crippen LogP contribution is 2.30. The lowest BCUT2D eigenvalue weighted by Crippen LogP contribution is -2.19. The SMILES string of the molecule is Nc1ccc2c(c1)CCN2Cc1ccc(O)cc1. The summed E-state index contributed by atoms with van der Waals surface area (Å²) >= 11 is 0. The molecule has 3 nitrogen and oxygen atoms in total. The van der Waals surface area contributed by atoms with E-state index in [4.69, 9.17) is 5.73 Å². The average molecular weight is 240 g/mol. The Morgan fingerprint density at radius 2 is 1.89 bits per heavy atom. The minimum absolute atomic E-state index is 0.313. The van der Waals surface area contributed by atoms with Crippen LogP contribution in [0.25, 0.3) is 0 Å². The molecule has 92 valence electrons. The molecule has 0 radical (unpaired) electrons. The van der Waals surface area contributed by atoms with E-state index >= 15 is 0 Å². The Hall–Kier alpha value is -2.16. The van der Waals surface area contributed by atoms with Crippen LogP contribution in [0.4, 0.5) is 11.4 Å². The third-order valence-electron chi connectivity index (χ3n) is 3.41. The van der Waals surface area contributed by atoms with Crippen molar-refractivity contribution in [3.05, 3.63) is 53.6 Å². The largest absolute Gasteiger partial charge is 0.508 e. The molecular formula is C15H16N2O. The molecule has 0 spiro atoms. The van der Waals surface area contributed by atoms with Crippen molar-refractivity contribution in [2.24, 2.45) is 0 Å². The highest BCUT2D eigenvalue weighted by Gasteiger charge is 2.18. The molecule has 0 aliphatic carbocycles. The zero-order valence-corrected chi connectivity index (χ0v) is 10.1. The van der Waals surface area contributed by atoms with Crippen LogP contribution in [-0.4, -0.2) is 11.7 Å². The van der Waals surface area contributed by atoms with Gasteiger partial charge in [0.25, 0.3) is 0 Å². The molecule has 0 amide bonds. The molecule has 3 heteroatoms. The second kappa shape index (κ2) is 4.26. The molecule has 2 aromatic carbocycles. The van der Waals surface area contributed by atoms with Crippen LogP contribution < -0.4 is 10.6 Å².